The van der Waals surface area contributed by atoms with Crippen LogP contribution in [0.1, 0.15) is 18.5 Å². The molecule has 4 nitrogen and oxygen atoms in total. The molecule has 0 atom stereocenters. The van der Waals surface area contributed by atoms with Crippen LogP contribution >= 0.6 is 11.6 Å². The molecule has 0 saturated carbocycles. The van der Waals surface area contributed by atoms with Crippen LogP contribution in [0.2, 0.25) is 5.15 Å². The molecule has 1 aliphatic rings. The quantitative estimate of drug-likeness (QED) is 0.798. The summed E-state index contributed by atoms with van der Waals surface area (Å²) >= 11 is 5.94. The zero-order valence-corrected chi connectivity index (χ0v) is 10.5. The van der Waals surface area contributed by atoms with E-state index in [2.05, 4.69) is 20.2 Å². The van der Waals surface area contributed by atoms with Crippen LogP contribution in [0.15, 0.2) is 6.07 Å². The summed E-state index contributed by atoms with van der Waals surface area (Å²) in [7, 11) is 2.01. The van der Waals surface area contributed by atoms with Gasteiger partial charge in [0.15, 0.2) is 0 Å². The van der Waals surface area contributed by atoms with Crippen molar-refractivity contribution in [3.8, 4) is 0 Å². The van der Waals surface area contributed by atoms with Crippen LogP contribution in [0.25, 0.3) is 0 Å². The number of rotatable bonds is 2. The van der Waals surface area contributed by atoms with Gasteiger partial charge in [0.2, 0.25) is 5.95 Å². The highest BCUT2D eigenvalue weighted by molar-refractivity contribution is 6.29. The molecule has 1 saturated heterocycles. The van der Waals surface area contributed by atoms with Crippen LogP contribution < -0.4 is 10.2 Å². The van der Waals surface area contributed by atoms with Gasteiger partial charge in [-0.25, -0.2) is 9.97 Å². The topological polar surface area (TPSA) is 41.0 Å². The van der Waals surface area contributed by atoms with Gasteiger partial charge in [-0.2, -0.15) is 0 Å². The summed E-state index contributed by atoms with van der Waals surface area (Å²) in [6.45, 7) is 3.92. The Kier molecular flexibility index (Phi) is 3.61. The number of piperidine rings is 1. The first-order chi connectivity index (χ1) is 7.69. The largest absolute Gasteiger partial charge is 0.341 e. The zero-order valence-electron chi connectivity index (χ0n) is 9.70. The van der Waals surface area contributed by atoms with Gasteiger partial charge in [0.25, 0.3) is 0 Å². The summed E-state index contributed by atoms with van der Waals surface area (Å²) in [6.07, 6.45) is 2.26. The van der Waals surface area contributed by atoms with Gasteiger partial charge >= 0.3 is 0 Å². The molecule has 0 spiro atoms. The second kappa shape index (κ2) is 4.97. The molecule has 1 aliphatic heterocycles. The van der Waals surface area contributed by atoms with E-state index in [0.29, 0.717) is 11.2 Å². The summed E-state index contributed by atoms with van der Waals surface area (Å²) in [5, 5.41) is 3.83. The summed E-state index contributed by atoms with van der Waals surface area (Å²) in [6, 6.07) is 2.40. The summed E-state index contributed by atoms with van der Waals surface area (Å²) in [5.41, 5.74) is 0.922. The normalized spacial score (nSPS) is 17.8. The molecule has 2 rings (SSSR count). The van der Waals surface area contributed by atoms with Crippen molar-refractivity contribution in [2.75, 3.05) is 25.0 Å². The molecule has 16 heavy (non-hydrogen) atoms. The summed E-state index contributed by atoms with van der Waals surface area (Å²) in [4.78, 5) is 10.9. The maximum atomic E-state index is 5.94. The smallest absolute Gasteiger partial charge is 0.226 e. The van der Waals surface area contributed by atoms with E-state index in [0.717, 1.165) is 37.6 Å². The van der Waals surface area contributed by atoms with Gasteiger partial charge in [-0.3, -0.25) is 0 Å². The first-order valence-electron chi connectivity index (χ1n) is 5.62. The predicted octanol–water partition coefficient (Wildman–Crippen LogP) is 1.63. The monoisotopic (exact) mass is 240 g/mol. The molecule has 0 radical (unpaired) electrons. The Balaban J connectivity index is 2.08. The summed E-state index contributed by atoms with van der Waals surface area (Å²) in [5.74, 6) is 0.763. The number of hydrogen-bond donors (Lipinski definition) is 1. The van der Waals surface area contributed by atoms with Gasteiger partial charge in [0, 0.05) is 24.8 Å². The minimum absolute atomic E-state index is 0.526. The molecular formula is C11H17ClN4. The van der Waals surface area contributed by atoms with Crippen LogP contribution in [0.5, 0.6) is 0 Å². The lowest BCUT2D eigenvalue weighted by Crippen LogP contribution is -2.41. The Bertz CT molecular complexity index is 341. The van der Waals surface area contributed by atoms with Crippen molar-refractivity contribution in [1.82, 2.24) is 15.3 Å². The van der Waals surface area contributed by atoms with Gasteiger partial charge < -0.3 is 10.2 Å². The zero-order chi connectivity index (χ0) is 11.5. The molecule has 2 heterocycles. The van der Waals surface area contributed by atoms with Crippen molar-refractivity contribution in [3.05, 3.63) is 16.9 Å². The molecule has 1 N–H and O–H groups in total. The highest BCUT2D eigenvalue weighted by atomic mass is 35.5. The van der Waals surface area contributed by atoms with Gasteiger partial charge in [0.1, 0.15) is 5.15 Å². The van der Waals surface area contributed by atoms with E-state index in [9.17, 15) is 0 Å². The fraction of sp³-hybridized carbons (Fsp3) is 0.636. The van der Waals surface area contributed by atoms with Crippen molar-refractivity contribution >= 4 is 17.5 Å². The number of halogens is 1. The molecule has 0 amide bonds. The van der Waals surface area contributed by atoms with E-state index in [1.165, 1.54) is 0 Å². The fourth-order valence-electron chi connectivity index (χ4n) is 2.02. The number of nitrogens with zero attached hydrogens (tertiary/aromatic N) is 3. The molecule has 1 aromatic rings. The third-order valence-electron chi connectivity index (χ3n) is 3.00. The molecule has 88 valence electrons. The lowest BCUT2D eigenvalue weighted by Gasteiger charge is -2.31. The van der Waals surface area contributed by atoms with Crippen molar-refractivity contribution in [2.45, 2.75) is 25.8 Å². The molecule has 0 bridgehead atoms. The fourth-order valence-corrected chi connectivity index (χ4v) is 2.26. The molecule has 1 aromatic heterocycles. The molecule has 1 fully saturated rings. The molecule has 5 heteroatoms. The summed E-state index contributed by atoms with van der Waals surface area (Å²) < 4.78 is 0. The second-order valence-electron chi connectivity index (χ2n) is 4.18. The third kappa shape index (κ3) is 2.62. The maximum absolute atomic E-state index is 5.94. The van der Waals surface area contributed by atoms with Gasteiger partial charge in [-0.15, -0.1) is 0 Å². The average molecular weight is 241 g/mol. The molecule has 0 aromatic carbocycles. The van der Waals surface area contributed by atoms with E-state index in [1.807, 2.05) is 14.0 Å². The number of hydrogen-bond acceptors (Lipinski definition) is 4. The van der Waals surface area contributed by atoms with Crippen molar-refractivity contribution in [2.24, 2.45) is 0 Å². The number of anilines is 1. The van der Waals surface area contributed by atoms with E-state index >= 15 is 0 Å². The lowest BCUT2D eigenvalue weighted by atomic mass is 10.1. The molecule has 0 aliphatic carbocycles. The van der Waals surface area contributed by atoms with E-state index in [-0.39, 0.29) is 0 Å². The highest BCUT2D eigenvalue weighted by Crippen LogP contribution is 2.18. The van der Waals surface area contributed by atoms with Gasteiger partial charge in [-0.1, -0.05) is 11.6 Å². The maximum Gasteiger partial charge on any atom is 0.226 e. The van der Waals surface area contributed by atoms with Crippen LogP contribution in [-0.2, 0) is 0 Å². The van der Waals surface area contributed by atoms with Crippen LogP contribution in [0.3, 0.4) is 0 Å². The SMILES string of the molecule is CNC1CCN(c2nc(C)cc(Cl)n2)CC1. The van der Waals surface area contributed by atoms with Crippen LogP contribution in [0, 0.1) is 6.92 Å². The minimum Gasteiger partial charge on any atom is -0.341 e. The first kappa shape index (κ1) is 11.6. The van der Waals surface area contributed by atoms with Gasteiger partial charge in [-0.05, 0) is 32.9 Å². The van der Waals surface area contributed by atoms with Crippen molar-refractivity contribution in [1.29, 1.82) is 0 Å². The van der Waals surface area contributed by atoms with Gasteiger partial charge in [0.05, 0.1) is 0 Å². The van der Waals surface area contributed by atoms with Crippen molar-refractivity contribution in [3.63, 3.8) is 0 Å². The van der Waals surface area contributed by atoms with Crippen LogP contribution in [-0.4, -0.2) is 36.1 Å². The number of aryl methyl sites for hydroxylation is 1. The Labute approximate surface area is 101 Å². The first-order valence-corrected chi connectivity index (χ1v) is 6.00. The average Bonchev–Trinajstić information content (AvgIpc) is 2.28. The Morgan fingerprint density at radius 3 is 2.62 bits per heavy atom. The predicted molar refractivity (Wildman–Crippen MR) is 66.1 cm³/mol. The van der Waals surface area contributed by atoms with E-state index in [1.54, 1.807) is 6.07 Å². The van der Waals surface area contributed by atoms with E-state index in [4.69, 9.17) is 11.6 Å². The number of aromatic nitrogens is 2. The Morgan fingerprint density at radius 2 is 2.06 bits per heavy atom. The molecule has 0 unspecified atom stereocenters. The number of nitrogens with one attached hydrogen (secondary N) is 1. The minimum atomic E-state index is 0.526. The Morgan fingerprint density at radius 1 is 1.38 bits per heavy atom. The lowest BCUT2D eigenvalue weighted by molar-refractivity contribution is 0.438. The van der Waals surface area contributed by atoms with Crippen molar-refractivity contribution < 1.29 is 0 Å². The standard InChI is InChI=1S/C11H17ClN4/c1-8-7-10(12)15-11(14-8)16-5-3-9(13-2)4-6-16/h7,9,13H,3-6H2,1-2H3. The highest BCUT2D eigenvalue weighted by Gasteiger charge is 2.19. The second-order valence-corrected chi connectivity index (χ2v) is 4.57. The van der Waals surface area contributed by atoms with Crippen LogP contribution in [0.4, 0.5) is 5.95 Å². The Hall–Kier alpha value is -0.870. The molecular weight excluding hydrogens is 224 g/mol. The van der Waals surface area contributed by atoms with E-state index < -0.39 is 0 Å². The third-order valence-corrected chi connectivity index (χ3v) is 3.19.